The first-order chi connectivity index (χ1) is 43.0. The van der Waals surface area contributed by atoms with E-state index >= 15 is 0 Å². The van der Waals surface area contributed by atoms with Gasteiger partial charge in [-0.25, -0.2) is 0 Å². The third-order valence-electron chi connectivity index (χ3n) is 19.3. The number of esters is 1. The van der Waals surface area contributed by atoms with Crippen molar-refractivity contribution in [2.75, 3.05) is 13.2 Å². The lowest BCUT2D eigenvalue weighted by Gasteiger charge is -2.22. The molecule has 0 saturated heterocycles. The molecule has 2 atom stereocenters. The standard InChI is InChI=1S/C81H159NO5/c1-3-5-7-9-11-13-15-17-18-19-41-44-47-50-53-57-61-65-69-73-79(84)78(77-83)82-80(85)74-70-66-62-58-54-51-48-45-42-39-37-35-33-31-29-27-25-23-21-20-22-24-26-28-30-32-34-36-38-40-43-46-49-52-56-60-64-68-72-76-87-81(86)75-71-67-63-59-55-16-14-12-10-8-6-4-2/h12,14,78-79,83-84H,3-11,13,15-77H2,1-2H3,(H,82,85)/b14-12-. The van der Waals surface area contributed by atoms with Crippen molar-refractivity contribution in [3.63, 3.8) is 0 Å². The van der Waals surface area contributed by atoms with Gasteiger partial charge in [0.1, 0.15) is 0 Å². The van der Waals surface area contributed by atoms with Gasteiger partial charge in [0, 0.05) is 12.8 Å². The summed E-state index contributed by atoms with van der Waals surface area (Å²) >= 11 is 0. The zero-order chi connectivity index (χ0) is 62.8. The average Bonchev–Trinajstić information content (AvgIpc) is 3.52. The molecule has 0 radical (unpaired) electrons. The summed E-state index contributed by atoms with van der Waals surface area (Å²) in [6.07, 6.45) is 97.6. The monoisotopic (exact) mass is 1230 g/mol. The predicted octanol–water partition coefficient (Wildman–Crippen LogP) is 26.7. The van der Waals surface area contributed by atoms with Gasteiger partial charge in [0.2, 0.25) is 5.91 Å². The van der Waals surface area contributed by atoms with Gasteiger partial charge in [-0.3, -0.25) is 9.59 Å². The topological polar surface area (TPSA) is 95.9 Å². The van der Waals surface area contributed by atoms with Crippen molar-refractivity contribution < 1.29 is 24.5 Å². The highest BCUT2D eigenvalue weighted by Crippen LogP contribution is 2.21. The van der Waals surface area contributed by atoms with Gasteiger partial charge >= 0.3 is 5.97 Å². The van der Waals surface area contributed by atoms with Gasteiger partial charge in [0.25, 0.3) is 0 Å². The van der Waals surface area contributed by atoms with E-state index in [1.807, 2.05) is 0 Å². The van der Waals surface area contributed by atoms with Crippen molar-refractivity contribution in [3.05, 3.63) is 12.2 Å². The normalized spacial score (nSPS) is 12.5. The molecule has 0 aliphatic rings. The fourth-order valence-electron chi connectivity index (χ4n) is 13.2. The number of nitrogens with one attached hydrogen (secondary N) is 1. The molecule has 0 aliphatic heterocycles. The Balaban J connectivity index is 3.29. The number of aliphatic hydroxyl groups excluding tert-OH is 2. The van der Waals surface area contributed by atoms with Gasteiger partial charge in [0.05, 0.1) is 25.4 Å². The molecule has 0 bridgehead atoms. The quantitative estimate of drug-likeness (QED) is 0.0320. The molecule has 0 aliphatic carbocycles. The summed E-state index contributed by atoms with van der Waals surface area (Å²) in [5, 5.41) is 23.4. The molecule has 0 aromatic heterocycles. The molecule has 1 amide bonds. The number of aliphatic hydroxyl groups is 2. The summed E-state index contributed by atoms with van der Waals surface area (Å²) < 4.78 is 5.48. The lowest BCUT2D eigenvalue weighted by Crippen LogP contribution is -2.45. The maximum absolute atomic E-state index is 12.6. The molecule has 87 heavy (non-hydrogen) atoms. The van der Waals surface area contributed by atoms with Gasteiger partial charge < -0.3 is 20.3 Å². The lowest BCUT2D eigenvalue weighted by atomic mass is 10.0. The van der Waals surface area contributed by atoms with E-state index < -0.39 is 12.1 Å². The molecule has 0 aromatic rings. The van der Waals surface area contributed by atoms with Crippen molar-refractivity contribution in [3.8, 4) is 0 Å². The van der Waals surface area contributed by atoms with Crippen molar-refractivity contribution in [2.45, 2.75) is 482 Å². The number of hydrogen-bond acceptors (Lipinski definition) is 5. The molecule has 0 saturated carbocycles. The molecule has 3 N–H and O–H groups in total. The SMILES string of the molecule is CCCCC/C=C\CCCCCCCC(=O)OCCCCCCCCCCCCCCCCCCCCCCCCCCCCCCCCCCCCCCCCCC(=O)NC(CO)C(O)CCCCCCCCCCCCCCCCCCCCC. The maximum atomic E-state index is 12.6. The fraction of sp³-hybridized carbons (Fsp3) is 0.951. The summed E-state index contributed by atoms with van der Waals surface area (Å²) in [6.45, 7) is 4.98. The average molecular weight is 1230 g/mol. The van der Waals surface area contributed by atoms with E-state index in [2.05, 4.69) is 31.3 Å². The Kier molecular flexibility index (Phi) is 75.8. The summed E-state index contributed by atoms with van der Waals surface area (Å²) in [7, 11) is 0. The van der Waals surface area contributed by atoms with Gasteiger partial charge in [0.15, 0.2) is 0 Å². The van der Waals surface area contributed by atoms with Crippen molar-refractivity contribution >= 4 is 11.9 Å². The van der Waals surface area contributed by atoms with E-state index in [0.717, 1.165) is 44.9 Å². The highest BCUT2D eigenvalue weighted by Gasteiger charge is 2.20. The smallest absolute Gasteiger partial charge is 0.305 e. The van der Waals surface area contributed by atoms with Gasteiger partial charge in [-0.15, -0.1) is 0 Å². The number of unbranched alkanes of at least 4 members (excludes halogenated alkanes) is 64. The molecule has 2 unspecified atom stereocenters. The minimum atomic E-state index is -0.660. The first-order valence-electron chi connectivity index (χ1n) is 40.4. The lowest BCUT2D eigenvalue weighted by molar-refractivity contribution is -0.143. The number of carbonyl (C=O) groups excluding carboxylic acids is 2. The van der Waals surface area contributed by atoms with Crippen molar-refractivity contribution in [2.24, 2.45) is 0 Å². The van der Waals surface area contributed by atoms with Crippen LogP contribution in [0.15, 0.2) is 12.2 Å². The molecule has 0 heterocycles. The molecule has 6 nitrogen and oxygen atoms in total. The molecule has 0 fully saturated rings. The second-order valence-electron chi connectivity index (χ2n) is 28.1. The zero-order valence-corrected chi connectivity index (χ0v) is 59.5. The van der Waals surface area contributed by atoms with E-state index in [9.17, 15) is 19.8 Å². The Morgan fingerprint density at radius 3 is 0.839 bits per heavy atom. The largest absolute Gasteiger partial charge is 0.466 e. The predicted molar refractivity (Wildman–Crippen MR) is 384 cm³/mol. The minimum Gasteiger partial charge on any atom is -0.466 e. The second kappa shape index (κ2) is 77.1. The Morgan fingerprint density at radius 2 is 0.540 bits per heavy atom. The van der Waals surface area contributed by atoms with Gasteiger partial charge in [-0.05, 0) is 51.4 Å². The zero-order valence-electron chi connectivity index (χ0n) is 59.5. The minimum absolute atomic E-state index is 0.0149. The van der Waals surface area contributed by atoms with Crippen LogP contribution in [0.4, 0.5) is 0 Å². The van der Waals surface area contributed by atoms with E-state index in [1.165, 1.54) is 392 Å². The van der Waals surface area contributed by atoms with Crippen LogP contribution in [-0.2, 0) is 14.3 Å². The summed E-state index contributed by atoms with van der Waals surface area (Å²) in [5.41, 5.74) is 0. The molecule has 0 rings (SSSR count). The molecule has 0 aromatic carbocycles. The van der Waals surface area contributed by atoms with Crippen LogP contribution in [-0.4, -0.2) is 47.4 Å². The van der Waals surface area contributed by atoms with Crippen LogP contribution in [0.3, 0.4) is 0 Å². The van der Waals surface area contributed by atoms with Crippen molar-refractivity contribution in [1.82, 2.24) is 5.32 Å². The highest BCUT2D eigenvalue weighted by atomic mass is 16.5. The number of ether oxygens (including phenoxy) is 1. The van der Waals surface area contributed by atoms with Crippen LogP contribution in [0.25, 0.3) is 0 Å². The van der Waals surface area contributed by atoms with Crippen molar-refractivity contribution in [1.29, 1.82) is 0 Å². The van der Waals surface area contributed by atoms with E-state index in [0.29, 0.717) is 25.9 Å². The fourth-order valence-corrected chi connectivity index (χ4v) is 13.2. The van der Waals surface area contributed by atoms with Crippen LogP contribution in [0.2, 0.25) is 0 Å². The second-order valence-corrected chi connectivity index (χ2v) is 28.1. The Labute approximate surface area is 546 Å². The molecule has 518 valence electrons. The van der Waals surface area contributed by atoms with Gasteiger partial charge in [-0.1, -0.05) is 418 Å². The maximum Gasteiger partial charge on any atom is 0.305 e. The summed E-state index contributed by atoms with van der Waals surface area (Å²) in [5.74, 6) is -0.00862. The molecular weight excluding hydrogens is 1070 g/mol. The van der Waals surface area contributed by atoms with Crippen LogP contribution < -0.4 is 5.32 Å². The van der Waals surface area contributed by atoms with Gasteiger partial charge in [-0.2, -0.15) is 0 Å². The summed E-state index contributed by atoms with van der Waals surface area (Å²) in [6, 6.07) is -0.537. The van der Waals surface area contributed by atoms with E-state index in [1.54, 1.807) is 0 Å². The number of rotatable bonds is 77. The van der Waals surface area contributed by atoms with Crippen LogP contribution in [0.1, 0.15) is 470 Å². The first kappa shape index (κ1) is 85.6. The molecule has 0 spiro atoms. The highest BCUT2D eigenvalue weighted by molar-refractivity contribution is 5.76. The van der Waals surface area contributed by atoms with E-state index in [4.69, 9.17) is 4.74 Å². The van der Waals surface area contributed by atoms with Crippen LogP contribution in [0.5, 0.6) is 0 Å². The third kappa shape index (κ3) is 73.5. The van der Waals surface area contributed by atoms with Crippen LogP contribution >= 0.6 is 0 Å². The molecule has 6 heteroatoms. The van der Waals surface area contributed by atoms with E-state index in [-0.39, 0.29) is 18.5 Å². The number of allylic oxidation sites excluding steroid dienone is 2. The Bertz CT molecular complexity index is 1320. The number of amides is 1. The Morgan fingerprint density at radius 1 is 0.310 bits per heavy atom. The number of carbonyl (C=O) groups is 2. The molecular formula is C81H159NO5. The number of hydrogen-bond donors (Lipinski definition) is 3. The Hall–Kier alpha value is -1.40. The van der Waals surface area contributed by atoms with Crippen LogP contribution in [0, 0.1) is 0 Å². The first-order valence-corrected chi connectivity index (χ1v) is 40.4. The summed E-state index contributed by atoms with van der Waals surface area (Å²) in [4.78, 5) is 24.6. The third-order valence-corrected chi connectivity index (χ3v) is 19.3.